The lowest BCUT2D eigenvalue weighted by Gasteiger charge is -2.19. The average Bonchev–Trinajstić information content (AvgIpc) is 3.31. The van der Waals surface area contributed by atoms with Crippen molar-refractivity contribution in [3.05, 3.63) is 102 Å². The number of aromatic nitrogens is 1. The zero-order valence-electron chi connectivity index (χ0n) is 23.1. The van der Waals surface area contributed by atoms with E-state index in [-0.39, 0.29) is 36.9 Å². The third-order valence-electron chi connectivity index (χ3n) is 7.03. The SMILES string of the molecule is CC(C)c1c(C(=O)Nc2ccccc2)c(-c2ccccc2)c(-c2ccc(F)cc2)n1CC[C@H](O)CC[C@@H](O)C(=O)O. The summed E-state index contributed by atoms with van der Waals surface area (Å²) in [6, 6.07) is 24.8. The third-order valence-corrected chi connectivity index (χ3v) is 7.03. The predicted octanol–water partition coefficient (Wildman–Crippen LogP) is 6.31. The van der Waals surface area contributed by atoms with Crippen molar-refractivity contribution < 1.29 is 29.3 Å². The number of nitrogens with one attached hydrogen (secondary N) is 1. The fraction of sp³-hybridized carbons (Fsp3) is 0.273. The highest BCUT2D eigenvalue weighted by Gasteiger charge is 2.30. The molecule has 2 atom stereocenters. The van der Waals surface area contributed by atoms with E-state index in [4.69, 9.17) is 5.11 Å². The van der Waals surface area contributed by atoms with E-state index >= 15 is 0 Å². The number of rotatable bonds is 12. The number of carbonyl (C=O) groups excluding carboxylic acids is 1. The number of nitrogens with zero attached hydrogens (tertiary/aromatic N) is 1. The number of benzene rings is 3. The van der Waals surface area contributed by atoms with Crippen LogP contribution in [0, 0.1) is 5.82 Å². The molecule has 7 nitrogen and oxygen atoms in total. The number of para-hydroxylation sites is 1. The van der Waals surface area contributed by atoms with Gasteiger partial charge in [-0.2, -0.15) is 0 Å². The molecule has 0 saturated carbocycles. The van der Waals surface area contributed by atoms with Gasteiger partial charge in [0.2, 0.25) is 0 Å². The van der Waals surface area contributed by atoms with Gasteiger partial charge in [-0.15, -0.1) is 0 Å². The van der Waals surface area contributed by atoms with Crippen molar-refractivity contribution in [3.63, 3.8) is 0 Å². The molecule has 41 heavy (non-hydrogen) atoms. The maximum atomic E-state index is 14.0. The van der Waals surface area contributed by atoms with Gasteiger partial charge in [0.1, 0.15) is 5.82 Å². The summed E-state index contributed by atoms with van der Waals surface area (Å²) >= 11 is 0. The first kappa shape index (κ1) is 29.7. The molecular formula is C33H35FN2O5. The van der Waals surface area contributed by atoms with E-state index < -0.39 is 18.2 Å². The Labute approximate surface area is 238 Å². The molecule has 0 radical (unpaired) electrons. The highest BCUT2D eigenvalue weighted by atomic mass is 19.1. The topological polar surface area (TPSA) is 112 Å². The zero-order chi connectivity index (χ0) is 29.5. The summed E-state index contributed by atoms with van der Waals surface area (Å²) in [6.07, 6.45) is -2.15. The normalized spacial score (nSPS) is 12.7. The van der Waals surface area contributed by atoms with Crippen molar-refractivity contribution in [1.29, 1.82) is 0 Å². The first-order chi connectivity index (χ1) is 19.7. The highest BCUT2D eigenvalue weighted by Crippen LogP contribution is 2.42. The Morgan fingerprint density at radius 2 is 1.44 bits per heavy atom. The molecule has 3 aromatic carbocycles. The Kier molecular flexibility index (Phi) is 9.70. The van der Waals surface area contributed by atoms with Gasteiger partial charge >= 0.3 is 5.97 Å². The lowest BCUT2D eigenvalue weighted by molar-refractivity contribution is -0.147. The van der Waals surface area contributed by atoms with Crippen LogP contribution in [-0.2, 0) is 11.3 Å². The molecule has 0 spiro atoms. The molecule has 0 unspecified atom stereocenters. The van der Waals surface area contributed by atoms with E-state index in [0.29, 0.717) is 28.9 Å². The van der Waals surface area contributed by atoms with Crippen molar-refractivity contribution in [2.24, 2.45) is 0 Å². The minimum Gasteiger partial charge on any atom is -0.479 e. The number of halogens is 1. The van der Waals surface area contributed by atoms with E-state index in [1.165, 1.54) is 12.1 Å². The van der Waals surface area contributed by atoms with E-state index in [9.17, 15) is 24.2 Å². The van der Waals surface area contributed by atoms with Crippen molar-refractivity contribution in [1.82, 2.24) is 4.57 Å². The maximum absolute atomic E-state index is 14.0. The van der Waals surface area contributed by atoms with Crippen LogP contribution in [0.4, 0.5) is 10.1 Å². The van der Waals surface area contributed by atoms with Crippen LogP contribution >= 0.6 is 0 Å². The quantitative estimate of drug-likeness (QED) is 0.163. The Morgan fingerprint density at radius 1 is 0.829 bits per heavy atom. The molecule has 0 aliphatic carbocycles. The van der Waals surface area contributed by atoms with Crippen LogP contribution in [-0.4, -0.2) is 44.0 Å². The number of aliphatic carboxylic acids is 1. The van der Waals surface area contributed by atoms with Crippen LogP contribution in [0.5, 0.6) is 0 Å². The number of aliphatic hydroxyl groups excluding tert-OH is 2. The van der Waals surface area contributed by atoms with Crippen LogP contribution in [0.1, 0.15) is 55.1 Å². The lowest BCUT2D eigenvalue weighted by atomic mass is 9.94. The first-order valence-electron chi connectivity index (χ1n) is 13.7. The number of amides is 1. The summed E-state index contributed by atoms with van der Waals surface area (Å²) < 4.78 is 16.0. The Hall–Kier alpha value is -4.27. The number of carbonyl (C=O) groups is 2. The summed E-state index contributed by atoms with van der Waals surface area (Å²) in [4.78, 5) is 25.1. The van der Waals surface area contributed by atoms with E-state index in [1.54, 1.807) is 12.1 Å². The second-order valence-corrected chi connectivity index (χ2v) is 10.4. The molecule has 1 aromatic heterocycles. The minimum absolute atomic E-state index is 0.0793. The highest BCUT2D eigenvalue weighted by molar-refractivity contribution is 6.12. The molecule has 4 rings (SSSR count). The Bertz CT molecular complexity index is 1470. The van der Waals surface area contributed by atoms with Gasteiger partial charge in [-0.25, -0.2) is 9.18 Å². The van der Waals surface area contributed by atoms with Crippen molar-refractivity contribution >= 4 is 17.6 Å². The number of hydrogen-bond acceptors (Lipinski definition) is 4. The van der Waals surface area contributed by atoms with Gasteiger partial charge in [0.15, 0.2) is 6.10 Å². The van der Waals surface area contributed by atoms with Crippen LogP contribution in [0.15, 0.2) is 84.9 Å². The Morgan fingerprint density at radius 3 is 2.02 bits per heavy atom. The summed E-state index contributed by atoms with van der Waals surface area (Å²) in [5.41, 5.74) is 4.84. The number of carboxylic acids is 1. The first-order valence-corrected chi connectivity index (χ1v) is 13.7. The Balaban J connectivity index is 1.88. The molecule has 8 heteroatoms. The molecule has 4 aromatic rings. The smallest absolute Gasteiger partial charge is 0.332 e. The van der Waals surface area contributed by atoms with Crippen LogP contribution in [0.3, 0.4) is 0 Å². The molecule has 0 aliphatic rings. The molecule has 1 amide bonds. The monoisotopic (exact) mass is 558 g/mol. The fourth-order valence-corrected chi connectivity index (χ4v) is 5.10. The van der Waals surface area contributed by atoms with Crippen molar-refractivity contribution in [3.8, 4) is 22.4 Å². The minimum atomic E-state index is -1.55. The average molecular weight is 559 g/mol. The van der Waals surface area contributed by atoms with Gasteiger partial charge in [0.25, 0.3) is 5.91 Å². The van der Waals surface area contributed by atoms with Crippen LogP contribution < -0.4 is 5.32 Å². The van der Waals surface area contributed by atoms with Crippen LogP contribution in [0.25, 0.3) is 22.4 Å². The summed E-state index contributed by atoms with van der Waals surface area (Å²) in [5, 5.41) is 32.4. The lowest BCUT2D eigenvalue weighted by Crippen LogP contribution is -2.22. The number of anilines is 1. The number of hydrogen-bond donors (Lipinski definition) is 4. The molecule has 0 aliphatic heterocycles. The van der Waals surface area contributed by atoms with Crippen molar-refractivity contribution in [2.45, 2.75) is 57.8 Å². The number of carboxylic acid groups (broad SMARTS) is 1. The zero-order valence-corrected chi connectivity index (χ0v) is 23.1. The molecule has 0 bridgehead atoms. The molecule has 214 valence electrons. The maximum Gasteiger partial charge on any atom is 0.332 e. The van der Waals surface area contributed by atoms with E-state index in [0.717, 1.165) is 17.0 Å². The van der Waals surface area contributed by atoms with Gasteiger partial charge in [0.05, 0.1) is 17.4 Å². The predicted molar refractivity (Wildman–Crippen MR) is 157 cm³/mol. The number of aliphatic hydroxyl groups is 2. The standard InChI is InChI=1S/C33H35FN2O5/c1-21(2)30-29(32(39)35-25-11-7-4-8-12-25)28(22-9-5-3-6-10-22)31(23-13-15-24(34)16-14-23)36(30)20-19-26(37)17-18-27(38)33(40)41/h3-16,21,26-27,37-38H,17-20H2,1-2H3,(H,35,39)(H,40,41)/t26-,27-/m1/s1. The fourth-order valence-electron chi connectivity index (χ4n) is 5.10. The molecular weight excluding hydrogens is 523 g/mol. The van der Waals surface area contributed by atoms with Gasteiger partial charge in [0, 0.05) is 23.5 Å². The molecule has 1 heterocycles. The summed E-state index contributed by atoms with van der Waals surface area (Å²) in [7, 11) is 0. The largest absolute Gasteiger partial charge is 0.479 e. The van der Waals surface area contributed by atoms with Crippen molar-refractivity contribution in [2.75, 3.05) is 5.32 Å². The third kappa shape index (κ3) is 7.09. The summed E-state index contributed by atoms with van der Waals surface area (Å²) in [6.45, 7) is 4.30. The second-order valence-electron chi connectivity index (χ2n) is 10.4. The van der Waals surface area contributed by atoms with E-state index in [2.05, 4.69) is 5.32 Å². The second kappa shape index (κ2) is 13.4. The van der Waals surface area contributed by atoms with Crippen LogP contribution in [0.2, 0.25) is 0 Å². The van der Waals surface area contributed by atoms with Gasteiger partial charge in [-0.1, -0.05) is 62.4 Å². The van der Waals surface area contributed by atoms with E-state index in [1.807, 2.05) is 79.1 Å². The van der Waals surface area contributed by atoms with Gasteiger partial charge < -0.3 is 25.2 Å². The molecule has 0 saturated heterocycles. The molecule has 0 fully saturated rings. The summed E-state index contributed by atoms with van der Waals surface area (Å²) in [5.74, 6) is -2.10. The van der Waals surface area contributed by atoms with Gasteiger partial charge in [-0.05, 0) is 72.7 Å². The molecule has 4 N–H and O–H groups in total. The van der Waals surface area contributed by atoms with Gasteiger partial charge in [-0.3, -0.25) is 4.79 Å².